The van der Waals surface area contributed by atoms with Crippen LogP contribution in [0.5, 0.6) is 0 Å². The number of benzene rings is 2. The summed E-state index contributed by atoms with van der Waals surface area (Å²) in [6, 6.07) is 14.7. The summed E-state index contributed by atoms with van der Waals surface area (Å²) in [5.41, 5.74) is 3.66. The van der Waals surface area contributed by atoms with Gasteiger partial charge in [0.25, 0.3) is 5.69 Å². The van der Waals surface area contributed by atoms with Gasteiger partial charge in [-0.25, -0.2) is 9.97 Å². The first-order valence-corrected chi connectivity index (χ1v) is 9.82. The molecular weight excluding hydrogens is 434 g/mol. The van der Waals surface area contributed by atoms with Crippen molar-refractivity contribution in [2.75, 3.05) is 11.4 Å². The molecule has 4 aromatic rings. The molecule has 8 heteroatoms. The summed E-state index contributed by atoms with van der Waals surface area (Å²) in [4.78, 5) is 26.6. The molecule has 0 N–H and O–H groups in total. The summed E-state index contributed by atoms with van der Waals surface area (Å²) < 4.78 is 0.937. The van der Waals surface area contributed by atoms with Gasteiger partial charge in [-0.3, -0.25) is 15.1 Å². The van der Waals surface area contributed by atoms with E-state index in [4.69, 9.17) is 9.97 Å². The van der Waals surface area contributed by atoms with Gasteiger partial charge in [-0.2, -0.15) is 0 Å². The van der Waals surface area contributed by atoms with Crippen molar-refractivity contribution in [1.82, 2.24) is 15.0 Å². The Morgan fingerprint density at radius 2 is 2.00 bits per heavy atom. The Balaban J connectivity index is 1.71. The Bertz CT molecular complexity index is 1260. The highest BCUT2D eigenvalue weighted by Gasteiger charge is 2.26. The molecule has 1 aliphatic rings. The zero-order chi connectivity index (χ0) is 20.0. The molecule has 2 aromatic carbocycles. The molecule has 7 nitrogen and oxygen atoms in total. The number of pyridine rings is 1. The lowest BCUT2D eigenvalue weighted by molar-refractivity contribution is -0.384. The van der Waals surface area contributed by atoms with Gasteiger partial charge in [-0.05, 0) is 48.4 Å². The molecule has 1 aliphatic heterocycles. The largest absolute Gasteiger partial charge is 0.325 e. The third-order valence-corrected chi connectivity index (χ3v) is 5.48. The lowest BCUT2D eigenvalue weighted by atomic mass is 10.1. The highest BCUT2D eigenvalue weighted by Crippen LogP contribution is 2.39. The van der Waals surface area contributed by atoms with Gasteiger partial charge in [0.2, 0.25) is 0 Å². The van der Waals surface area contributed by atoms with Crippen LogP contribution < -0.4 is 4.90 Å². The van der Waals surface area contributed by atoms with E-state index in [1.165, 1.54) is 0 Å². The first-order valence-electron chi connectivity index (χ1n) is 9.03. The molecule has 0 amide bonds. The molecule has 29 heavy (non-hydrogen) atoms. The van der Waals surface area contributed by atoms with Gasteiger partial charge in [0.05, 0.1) is 10.4 Å². The Hall–Kier alpha value is -3.39. The molecular formula is C21H14BrN5O2. The predicted molar refractivity (Wildman–Crippen MR) is 114 cm³/mol. The summed E-state index contributed by atoms with van der Waals surface area (Å²) in [5.74, 6) is 1.38. The van der Waals surface area contributed by atoms with Gasteiger partial charge in [-0.15, -0.1) is 0 Å². The number of nitrogens with zero attached hydrogens (tertiary/aromatic N) is 5. The van der Waals surface area contributed by atoms with E-state index in [1.54, 1.807) is 30.6 Å². The van der Waals surface area contributed by atoms with Gasteiger partial charge < -0.3 is 4.90 Å². The van der Waals surface area contributed by atoms with E-state index in [-0.39, 0.29) is 10.6 Å². The second-order valence-corrected chi connectivity index (χ2v) is 7.66. The number of hydrogen-bond donors (Lipinski definition) is 0. The third kappa shape index (κ3) is 3.11. The van der Waals surface area contributed by atoms with Crippen molar-refractivity contribution in [2.45, 2.75) is 6.42 Å². The molecule has 0 bridgehead atoms. The summed E-state index contributed by atoms with van der Waals surface area (Å²) in [6.45, 7) is 0.696. The average Bonchev–Trinajstić information content (AvgIpc) is 3.16. The summed E-state index contributed by atoms with van der Waals surface area (Å²) >= 11 is 3.54. The maximum atomic E-state index is 11.1. The minimum atomic E-state index is -0.360. The van der Waals surface area contributed by atoms with Gasteiger partial charge in [0.15, 0.2) is 5.82 Å². The van der Waals surface area contributed by atoms with Crippen LogP contribution in [0.15, 0.2) is 65.4 Å². The topological polar surface area (TPSA) is 85.0 Å². The van der Waals surface area contributed by atoms with E-state index in [2.05, 4.69) is 25.8 Å². The van der Waals surface area contributed by atoms with Crippen molar-refractivity contribution in [2.24, 2.45) is 0 Å². The van der Waals surface area contributed by atoms with E-state index in [0.29, 0.717) is 12.4 Å². The van der Waals surface area contributed by atoms with Crippen molar-refractivity contribution in [3.63, 3.8) is 0 Å². The van der Waals surface area contributed by atoms with Crippen LogP contribution in [-0.4, -0.2) is 26.4 Å². The molecule has 142 valence electrons. The zero-order valence-electron chi connectivity index (χ0n) is 15.1. The lowest BCUT2D eigenvalue weighted by Crippen LogP contribution is -2.16. The van der Waals surface area contributed by atoms with Crippen molar-refractivity contribution >= 4 is 44.0 Å². The van der Waals surface area contributed by atoms with E-state index in [1.807, 2.05) is 30.3 Å². The number of aromatic nitrogens is 3. The van der Waals surface area contributed by atoms with Crippen molar-refractivity contribution in [1.29, 1.82) is 0 Å². The normalized spacial score (nSPS) is 12.9. The van der Waals surface area contributed by atoms with E-state index in [0.717, 1.165) is 44.4 Å². The highest BCUT2D eigenvalue weighted by molar-refractivity contribution is 9.10. The van der Waals surface area contributed by atoms with Gasteiger partial charge in [0.1, 0.15) is 5.82 Å². The minimum Gasteiger partial charge on any atom is -0.325 e. The number of halogens is 1. The first kappa shape index (κ1) is 17.7. The number of hydrogen-bond acceptors (Lipinski definition) is 6. The molecule has 5 rings (SSSR count). The van der Waals surface area contributed by atoms with Crippen molar-refractivity contribution < 1.29 is 4.92 Å². The number of anilines is 2. The van der Waals surface area contributed by atoms with E-state index in [9.17, 15) is 10.1 Å². The molecule has 2 aromatic heterocycles. The molecule has 0 saturated heterocycles. The molecule has 0 radical (unpaired) electrons. The van der Waals surface area contributed by atoms with Crippen molar-refractivity contribution in [3.8, 4) is 11.4 Å². The van der Waals surface area contributed by atoms with Crippen LogP contribution >= 0.6 is 15.9 Å². The maximum absolute atomic E-state index is 11.1. The monoisotopic (exact) mass is 447 g/mol. The Labute approximate surface area is 174 Å². The molecule has 0 saturated carbocycles. The lowest BCUT2D eigenvalue weighted by Gasteiger charge is -2.21. The number of nitro groups is 1. The van der Waals surface area contributed by atoms with Crippen LogP contribution in [0.2, 0.25) is 0 Å². The SMILES string of the molecule is O=[N+]([O-])c1ccc2c(c1)CCN2c1nc(-c2cccnc2)nc2ccc(Br)cc12. The Kier molecular flexibility index (Phi) is 4.21. The number of non-ortho nitro benzene ring substituents is 1. The van der Waals surface area contributed by atoms with Gasteiger partial charge in [-0.1, -0.05) is 15.9 Å². The fourth-order valence-electron chi connectivity index (χ4n) is 3.64. The van der Waals surface area contributed by atoms with Crippen LogP contribution in [-0.2, 0) is 6.42 Å². The maximum Gasteiger partial charge on any atom is 0.269 e. The van der Waals surface area contributed by atoms with Crippen LogP contribution in [0.25, 0.3) is 22.3 Å². The van der Waals surface area contributed by atoms with Crippen LogP contribution in [0, 0.1) is 10.1 Å². The molecule has 0 fully saturated rings. The summed E-state index contributed by atoms with van der Waals surface area (Å²) in [5, 5.41) is 12.0. The van der Waals surface area contributed by atoms with Crippen molar-refractivity contribution in [3.05, 3.63) is 81.1 Å². The van der Waals surface area contributed by atoms with Crippen LogP contribution in [0.4, 0.5) is 17.2 Å². The van der Waals surface area contributed by atoms with Gasteiger partial charge >= 0.3 is 0 Å². The minimum absolute atomic E-state index is 0.108. The third-order valence-electron chi connectivity index (χ3n) is 4.98. The second kappa shape index (κ2) is 6.89. The number of rotatable bonds is 3. The summed E-state index contributed by atoms with van der Waals surface area (Å²) in [7, 11) is 0. The molecule has 0 aliphatic carbocycles. The van der Waals surface area contributed by atoms with Crippen LogP contribution in [0.1, 0.15) is 5.56 Å². The Morgan fingerprint density at radius 3 is 2.79 bits per heavy atom. The summed E-state index contributed by atoms with van der Waals surface area (Å²) in [6.07, 6.45) is 4.18. The second-order valence-electron chi connectivity index (χ2n) is 6.75. The fraction of sp³-hybridized carbons (Fsp3) is 0.0952. The Morgan fingerprint density at radius 1 is 1.10 bits per heavy atom. The predicted octanol–water partition coefficient (Wildman–Crippen LogP) is 5.06. The standard InChI is InChI=1S/C21H14BrN5O2/c22-15-3-5-18-17(11-15)21(25-20(24-18)14-2-1-8-23-12-14)26-9-7-13-10-16(27(28)29)4-6-19(13)26/h1-6,8,10-12H,7,9H2. The number of nitro benzene ring substituents is 1. The quantitative estimate of drug-likeness (QED) is 0.322. The number of fused-ring (bicyclic) bond motifs is 2. The van der Waals surface area contributed by atoms with E-state index >= 15 is 0 Å². The van der Waals surface area contributed by atoms with Crippen LogP contribution in [0.3, 0.4) is 0 Å². The molecule has 3 heterocycles. The van der Waals surface area contributed by atoms with E-state index < -0.39 is 0 Å². The van der Waals surface area contributed by atoms with Gasteiger partial charge in [0, 0.05) is 52.2 Å². The fourth-order valence-corrected chi connectivity index (χ4v) is 4.00. The molecule has 0 atom stereocenters. The zero-order valence-corrected chi connectivity index (χ0v) is 16.7. The first-order chi connectivity index (χ1) is 14.1. The molecule has 0 unspecified atom stereocenters. The average molecular weight is 448 g/mol. The smallest absolute Gasteiger partial charge is 0.269 e. The molecule has 0 spiro atoms. The highest BCUT2D eigenvalue weighted by atomic mass is 79.9.